The standard InChI is InChI=1S/C14H14N4O2S/c1-8-11-4-10(5-15-13(11)18-17-8)14(20)16-6-12(19)9-2-3-21-7-9/h2-5,7,12,19H,6H2,1H3,(H,16,20)(H,15,17,18). The number of aryl methyl sites for hydroxylation is 1. The second-order valence-corrected chi connectivity index (χ2v) is 5.51. The monoisotopic (exact) mass is 302 g/mol. The first-order valence-corrected chi connectivity index (χ1v) is 7.38. The van der Waals surface area contributed by atoms with Crippen LogP contribution in [0.5, 0.6) is 0 Å². The summed E-state index contributed by atoms with van der Waals surface area (Å²) < 4.78 is 0. The van der Waals surface area contributed by atoms with Crippen LogP contribution >= 0.6 is 11.3 Å². The number of rotatable bonds is 4. The van der Waals surface area contributed by atoms with Crippen LogP contribution in [0, 0.1) is 6.92 Å². The lowest BCUT2D eigenvalue weighted by molar-refractivity contribution is 0.0916. The number of carbonyl (C=O) groups is 1. The second kappa shape index (κ2) is 5.63. The Morgan fingerprint density at radius 2 is 2.43 bits per heavy atom. The first-order chi connectivity index (χ1) is 10.1. The highest BCUT2D eigenvalue weighted by molar-refractivity contribution is 7.07. The maximum Gasteiger partial charge on any atom is 0.252 e. The summed E-state index contributed by atoms with van der Waals surface area (Å²) in [6.45, 7) is 2.04. The number of amides is 1. The number of aliphatic hydroxyl groups is 1. The predicted molar refractivity (Wildman–Crippen MR) is 80.2 cm³/mol. The number of pyridine rings is 1. The Kier molecular flexibility index (Phi) is 3.68. The van der Waals surface area contributed by atoms with Crippen molar-refractivity contribution >= 4 is 28.3 Å². The quantitative estimate of drug-likeness (QED) is 0.685. The Balaban J connectivity index is 1.70. The molecule has 3 N–H and O–H groups in total. The Hall–Kier alpha value is -2.25. The Morgan fingerprint density at radius 1 is 1.57 bits per heavy atom. The minimum absolute atomic E-state index is 0.165. The second-order valence-electron chi connectivity index (χ2n) is 4.73. The summed E-state index contributed by atoms with van der Waals surface area (Å²) in [6.07, 6.45) is 0.780. The van der Waals surface area contributed by atoms with Gasteiger partial charge in [0, 0.05) is 23.8 Å². The molecule has 0 spiro atoms. The van der Waals surface area contributed by atoms with Crippen molar-refractivity contribution in [1.82, 2.24) is 20.5 Å². The van der Waals surface area contributed by atoms with Crippen molar-refractivity contribution in [2.75, 3.05) is 6.54 Å². The van der Waals surface area contributed by atoms with Crippen molar-refractivity contribution in [2.24, 2.45) is 0 Å². The maximum atomic E-state index is 12.1. The van der Waals surface area contributed by atoms with Crippen LogP contribution in [0.25, 0.3) is 11.0 Å². The van der Waals surface area contributed by atoms with Gasteiger partial charge in [-0.2, -0.15) is 16.4 Å². The molecule has 3 aromatic rings. The Bertz CT molecular complexity index is 766. The number of nitrogens with zero attached hydrogens (tertiary/aromatic N) is 2. The first kappa shape index (κ1) is 13.7. The minimum Gasteiger partial charge on any atom is -0.387 e. The number of nitrogens with one attached hydrogen (secondary N) is 2. The molecule has 108 valence electrons. The summed E-state index contributed by atoms with van der Waals surface area (Å²) in [5, 5.41) is 24.1. The van der Waals surface area contributed by atoms with Crippen LogP contribution < -0.4 is 5.32 Å². The molecule has 7 heteroatoms. The molecule has 1 unspecified atom stereocenters. The fourth-order valence-electron chi connectivity index (χ4n) is 2.02. The lowest BCUT2D eigenvalue weighted by Crippen LogP contribution is -2.28. The summed E-state index contributed by atoms with van der Waals surface area (Å²) in [6, 6.07) is 3.58. The van der Waals surface area contributed by atoms with Crippen LogP contribution in [0.3, 0.4) is 0 Å². The van der Waals surface area contributed by atoms with Crippen molar-refractivity contribution < 1.29 is 9.90 Å². The molecule has 3 heterocycles. The van der Waals surface area contributed by atoms with E-state index in [1.807, 2.05) is 23.8 Å². The fourth-order valence-corrected chi connectivity index (χ4v) is 2.72. The van der Waals surface area contributed by atoms with Gasteiger partial charge in [0.2, 0.25) is 0 Å². The predicted octanol–water partition coefficient (Wildman–Crippen LogP) is 1.79. The summed E-state index contributed by atoms with van der Waals surface area (Å²) in [5.41, 5.74) is 2.71. The van der Waals surface area contributed by atoms with Gasteiger partial charge in [0.25, 0.3) is 5.91 Å². The van der Waals surface area contributed by atoms with Crippen LogP contribution in [-0.4, -0.2) is 32.7 Å². The molecule has 0 aliphatic heterocycles. The smallest absolute Gasteiger partial charge is 0.252 e. The van der Waals surface area contributed by atoms with E-state index in [9.17, 15) is 9.90 Å². The highest BCUT2D eigenvalue weighted by Crippen LogP contribution is 2.16. The molecule has 1 amide bonds. The average molecular weight is 302 g/mol. The van der Waals surface area contributed by atoms with E-state index < -0.39 is 6.10 Å². The van der Waals surface area contributed by atoms with Crippen molar-refractivity contribution in [1.29, 1.82) is 0 Å². The van der Waals surface area contributed by atoms with Crippen molar-refractivity contribution in [3.63, 3.8) is 0 Å². The number of fused-ring (bicyclic) bond motifs is 1. The first-order valence-electron chi connectivity index (χ1n) is 6.44. The zero-order valence-corrected chi connectivity index (χ0v) is 12.1. The molecule has 0 radical (unpaired) electrons. The number of aromatic amines is 1. The van der Waals surface area contributed by atoms with E-state index in [1.54, 1.807) is 6.07 Å². The summed E-state index contributed by atoms with van der Waals surface area (Å²) in [7, 11) is 0. The third-order valence-electron chi connectivity index (χ3n) is 3.25. The number of thiophene rings is 1. The van der Waals surface area contributed by atoms with Gasteiger partial charge < -0.3 is 10.4 Å². The summed E-state index contributed by atoms with van der Waals surface area (Å²) in [5.74, 6) is -0.265. The van der Waals surface area contributed by atoms with Gasteiger partial charge >= 0.3 is 0 Å². The molecular weight excluding hydrogens is 288 g/mol. The minimum atomic E-state index is -0.701. The number of hydrogen-bond acceptors (Lipinski definition) is 5. The van der Waals surface area contributed by atoms with Gasteiger partial charge in [-0.3, -0.25) is 9.89 Å². The Morgan fingerprint density at radius 3 is 3.19 bits per heavy atom. The zero-order chi connectivity index (χ0) is 14.8. The van der Waals surface area contributed by atoms with Gasteiger partial charge in [0.15, 0.2) is 5.65 Å². The zero-order valence-electron chi connectivity index (χ0n) is 11.3. The number of hydrogen-bond donors (Lipinski definition) is 3. The van der Waals surface area contributed by atoms with E-state index >= 15 is 0 Å². The number of aromatic nitrogens is 3. The molecule has 0 saturated carbocycles. The molecule has 0 aromatic carbocycles. The van der Waals surface area contributed by atoms with E-state index in [0.717, 1.165) is 16.6 Å². The van der Waals surface area contributed by atoms with Gasteiger partial charge in [0.05, 0.1) is 11.7 Å². The summed E-state index contributed by atoms with van der Waals surface area (Å²) >= 11 is 1.51. The van der Waals surface area contributed by atoms with E-state index in [1.165, 1.54) is 17.5 Å². The van der Waals surface area contributed by atoms with Gasteiger partial charge in [-0.05, 0) is 35.4 Å². The van der Waals surface area contributed by atoms with Crippen molar-refractivity contribution in [3.8, 4) is 0 Å². The molecule has 6 nitrogen and oxygen atoms in total. The number of carbonyl (C=O) groups excluding carboxylic acids is 1. The van der Waals surface area contributed by atoms with Crippen LogP contribution in [0.2, 0.25) is 0 Å². The van der Waals surface area contributed by atoms with Gasteiger partial charge in [-0.15, -0.1) is 0 Å². The Labute approximate surface area is 124 Å². The summed E-state index contributed by atoms with van der Waals surface area (Å²) in [4.78, 5) is 16.2. The largest absolute Gasteiger partial charge is 0.387 e. The van der Waals surface area contributed by atoms with Crippen LogP contribution in [0.4, 0.5) is 0 Å². The fraction of sp³-hybridized carbons (Fsp3) is 0.214. The molecule has 21 heavy (non-hydrogen) atoms. The van der Waals surface area contributed by atoms with Crippen LogP contribution in [-0.2, 0) is 0 Å². The highest BCUT2D eigenvalue weighted by Gasteiger charge is 2.13. The highest BCUT2D eigenvalue weighted by atomic mass is 32.1. The van der Waals surface area contributed by atoms with Gasteiger partial charge in [-0.1, -0.05) is 0 Å². The number of H-pyrrole nitrogens is 1. The molecule has 0 saturated heterocycles. The van der Waals surface area contributed by atoms with E-state index in [4.69, 9.17) is 0 Å². The van der Waals surface area contributed by atoms with Crippen LogP contribution in [0.15, 0.2) is 29.1 Å². The topological polar surface area (TPSA) is 90.9 Å². The number of aliphatic hydroxyl groups excluding tert-OH is 1. The normalized spacial score (nSPS) is 12.5. The average Bonchev–Trinajstić information content (AvgIpc) is 3.14. The van der Waals surface area contributed by atoms with Crippen molar-refractivity contribution in [2.45, 2.75) is 13.0 Å². The van der Waals surface area contributed by atoms with E-state index in [0.29, 0.717) is 11.2 Å². The van der Waals surface area contributed by atoms with E-state index in [-0.39, 0.29) is 12.5 Å². The molecular formula is C14H14N4O2S. The van der Waals surface area contributed by atoms with E-state index in [2.05, 4.69) is 20.5 Å². The SMILES string of the molecule is Cc1[nH]nc2ncc(C(=O)NCC(O)c3ccsc3)cc12. The molecule has 1 atom stereocenters. The molecule has 0 fully saturated rings. The lowest BCUT2D eigenvalue weighted by Gasteiger charge is -2.10. The molecule has 0 aliphatic rings. The third kappa shape index (κ3) is 2.79. The molecule has 0 aliphatic carbocycles. The van der Waals surface area contributed by atoms with Gasteiger partial charge in [-0.25, -0.2) is 4.98 Å². The molecule has 3 rings (SSSR count). The van der Waals surface area contributed by atoms with Gasteiger partial charge in [0.1, 0.15) is 0 Å². The molecule has 0 bridgehead atoms. The van der Waals surface area contributed by atoms with Crippen LogP contribution in [0.1, 0.15) is 27.7 Å². The molecule has 3 aromatic heterocycles. The van der Waals surface area contributed by atoms with Crippen molar-refractivity contribution in [3.05, 3.63) is 45.9 Å². The lowest BCUT2D eigenvalue weighted by atomic mass is 10.1. The third-order valence-corrected chi connectivity index (χ3v) is 3.95. The maximum absolute atomic E-state index is 12.1.